The molecule has 2 aliphatic rings. The minimum atomic E-state index is -0.481. The Morgan fingerprint density at radius 1 is 1.19 bits per heavy atom. The Kier molecular flexibility index (Phi) is 5.55. The molecule has 3 rings (SSSR count). The molecule has 26 heavy (non-hydrogen) atoms. The van der Waals surface area contributed by atoms with Gasteiger partial charge in [-0.05, 0) is 38.8 Å². The molecule has 0 spiro atoms. The first-order valence-electron chi connectivity index (χ1n) is 8.96. The zero-order valence-corrected chi connectivity index (χ0v) is 16.0. The summed E-state index contributed by atoms with van der Waals surface area (Å²) < 4.78 is -0.481. The lowest BCUT2D eigenvalue weighted by atomic mass is 10.0. The van der Waals surface area contributed by atoms with Gasteiger partial charge in [0.25, 0.3) is 5.91 Å². The van der Waals surface area contributed by atoms with Crippen molar-refractivity contribution >= 4 is 29.5 Å². The van der Waals surface area contributed by atoms with Crippen LogP contribution in [-0.4, -0.2) is 58.3 Å². The van der Waals surface area contributed by atoms with Gasteiger partial charge >= 0.3 is 0 Å². The topological polar surface area (TPSA) is 78.5 Å². The van der Waals surface area contributed by atoms with Crippen LogP contribution in [0.4, 0.5) is 0 Å². The van der Waals surface area contributed by atoms with Crippen LogP contribution in [0.25, 0.3) is 0 Å². The van der Waals surface area contributed by atoms with Crippen molar-refractivity contribution in [3.8, 4) is 0 Å². The van der Waals surface area contributed by atoms with Crippen molar-refractivity contribution in [2.45, 2.75) is 43.5 Å². The third-order valence-corrected chi connectivity index (χ3v) is 6.35. The van der Waals surface area contributed by atoms with E-state index in [1.54, 1.807) is 17.0 Å². The second kappa shape index (κ2) is 7.70. The van der Waals surface area contributed by atoms with Gasteiger partial charge in [0, 0.05) is 30.4 Å². The molecule has 6 nitrogen and oxygen atoms in total. The number of amides is 3. The molecule has 0 radical (unpaired) electrons. The summed E-state index contributed by atoms with van der Waals surface area (Å²) in [5, 5.41) is 5.89. The first-order chi connectivity index (χ1) is 12.4. The molecule has 0 bridgehead atoms. The Labute approximate surface area is 158 Å². The van der Waals surface area contributed by atoms with Crippen LogP contribution in [0.2, 0.25) is 0 Å². The zero-order chi connectivity index (χ0) is 18.7. The number of hydrogen-bond acceptors (Lipinski definition) is 4. The third-order valence-electron chi connectivity index (χ3n) is 4.94. The van der Waals surface area contributed by atoms with Crippen LogP contribution in [0.1, 0.15) is 37.0 Å². The zero-order valence-electron chi connectivity index (χ0n) is 15.2. The van der Waals surface area contributed by atoms with Gasteiger partial charge in [0.15, 0.2) is 0 Å². The van der Waals surface area contributed by atoms with Gasteiger partial charge in [0.2, 0.25) is 11.8 Å². The molecule has 2 heterocycles. The van der Waals surface area contributed by atoms with Gasteiger partial charge in [-0.25, -0.2) is 0 Å². The van der Waals surface area contributed by atoms with E-state index in [4.69, 9.17) is 0 Å². The summed E-state index contributed by atoms with van der Waals surface area (Å²) in [5.41, 5.74) is 0.649. The molecule has 140 valence electrons. The van der Waals surface area contributed by atoms with Gasteiger partial charge in [-0.3, -0.25) is 14.4 Å². The van der Waals surface area contributed by atoms with Gasteiger partial charge in [0.1, 0.15) is 6.04 Å². The number of benzene rings is 1. The number of hydrogen-bond donors (Lipinski definition) is 2. The minimum absolute atomic E-state index is 0.0193. The number of carbonyl (C=O) groups is 3. The second-order valence-corrected chi connectivity index (χ2v) is 8.93. The van der Waals surface area contributed by atoms with Gasteiger partial charge in [-0.15, -0.1) is 11.8 Å². The largest absolute Gasteiger partial charge is 0.349 e. The van der Waals surface area contributed by atoms with E-state index >= 15 is 0 Å². The standard InChI is InChI=1S/C19H25N3O3S/c1-19(2)18(25)21-15(12-26-19)17(24)22-10-8-14(9-11-22)20-16(23)13-6-4-3-5-7-13/h3-7,14-15H,8-12H2,1-2H3,(H,20,23)(H,21,25). The third kappa shape index (κ3) is 4.20. The van der Waals surface area contributed by atoms with Crippen LogP contribution >= 0.6 is 11.8 Å². The van der Waals surface area contributed by atoms with Crippen molar-refractivity contribution in [3.63, 3.8) is 0 Å². The fourth-order valence-corrected chi connectivity index (χ4v) is 4.19. The molecule has 7 heteroatoms. The Morgan fingerprint density at radius 2 is 1.85 bits per heavy atom. The number of rotatable bonds is 3. The highest BCUT2D eigenvalue weighted by Gasteiger charge is 2.39. The van der Waals surface area contributed by atoms with Crippen LogP contribution in [0.15, 0.2) is 30.3 Å². The molecule has 1 atom stereocenters. The highest BCUT2D eigenvalue weighted by molar-refractivity contribution is 8.01. The molecule has 0 aromatic heterocycles. The molecule has 1 aromatic carbocycles. The summed E-state index contributed by atoms with van der Waals surface area (Å²) in [6, 6.07) is 8.77. The van der Waals surface area contributed by atoms with E-state index in [0.29, 0.717) is 24.4 Å². The predicted molar refractivity (Wildman–Crippen MR) is 102 cm³/mol. The van der Waals surface area contributed by atoms with Crippen molar-refractivity contribution in [2.24, 2.45) is 0 Å². The maximum absolute atomic E-state index is 12.7. The number of nitrogens with one attached hydrogen (secondary N) is 2. The highest BCUT2D eigenvalue weighted by atomic mass is 32.2. The van der Waals surface area contributed by atoms with E-state index in [2.05, 4.69) is 10.6 Å². The molecule has 0 aliphatic carbocycles. The van der Waals surface area contributed by atoms with Crippen LogP contribution < -0.4 is 10.6 Å². The summed E-state index contributed by atoms with van der Waals surface area (Å²) in [6.45, 7) is 4.93. The molecular weight excluding hydrogens is 350 g/mol. The molecule has 2 saturated heterocycles. The number of nitrogens with zero attached hydrogens (tertiary/aromatic N) is 1. The van der Waals surface area contributed by atoms with E-state index in [1.807, 2.05) is 32.0 Å². The number of thioether (sulfide) groups is 1. The quantitative estimate of drug-likeness (QED) is 0.838. The molecule has 0 saturated carbocycles. The van der Waals surface area contributed by atoms with E-state index in [-0.39, 0.29) is 23.8 Å². The fraction of sp³-hybridized carbons (Fsp3) is 0.526. The molecule has 2 fully saturated rings. The lowest BCUT2D eigenvalue weighted by molar-refractivity contribution is -0.137. The number of carbonyl (C=O) groups excluding carboxylic acids is 3. The Bertz CT molecular complexity index is 685. The lowest BCUT2D eigenvalue weighted by Crippen LogP contribution is -2.59. The van der Waals surface area contributed by atoms with Crippen LogP contribution in [0.5, 0.6) is 0 Å². The van der Waals surface area contributed by atoms with Crippen LogP contribution in [0.3, 0.4) is 0 Å². The normalized spacial score (nSPS) is 23.2. The molecule has 1 unspecified atom stereocenters. The SMILES string of the molecule is CC1(C)SCC(C(=O)N2CCC(NC(=O)c3ccccc3)CC2)NC1=O. The second-order valence-electron chi connectivity index (χ2n) is 7.29. The summed E-state index contributed by atoms with van der Waals surface area (Å²) in [6.07, 6.45) is 1.45. The smallest absolute Gasteiger partial charge is 0.251 e. The molecule has 2 aliphatic heterocycles. The minimum Gasteiger partial charge on any atom is -0.349 e. The van der Waals surface area contributed by atoms with E-state index < -0.39 is 10.8 Å². The van der Waals surface area contributed by atoms with Gasteiger partial charge in [0.05, 0.1) is 4.75 Å². The average Bonchev–Trinajstić information content (AvgIpc) is 2.65. The first-order valence-corrected chi connectivity index (χ1v) is 9.95. The Morgan fingerprint density at radius 3 is 2.46 bits per heavy atom. The number of likely N-dealkylation sites (tertiary alicyclic amines) is 1. The fourth-order valence-electron chi connectivity index (χ4n) is 3.19. The highest BCUT2D eigenvalue weighted by Crippen LogP contribution is 2.29. The van der Waals surface area contributed by atoms with Crippen molar-refractivity contribution in [1.29, 1.82) is 0 Å². The summed E-state index contributed by atoms with van der Waals surface area (Å²) in [4.78, 5) is 38.8. The lowest BCUT2D eigenvalue weighted by Gasteiger charge is -2.38. The van der Waals surface area contributed by atoms with E-state index in [0.717, 1.165) is 12.8 Å². The average molecular weight is 375 g/mol. The van der Waals surface area contributed by atoms with E-state index in [1.165, 1.54) is 11.8 Å². The summed E-state index contributed by atoms with van der Waals surface area (Å²) in [5.74, 6) is 0.419. The summed E-state index contributed by atoms with van der Waals surface area (Å²) >= 11 is 1.52. The first kappa shape index (κ1) is 18.8. The molecule has 1 aromatic rings. The van der Waals surface area contributed by atoms with E-state index in [9.17, 15) is 14.4 Å². The van der Waals surface area contributed by atoms with Crippen molar-refractivity contribution < 1.29 is 14.4 Å². The molecule has 3 amide bonds. The predicted octanol–water partition coefficient (Wildman–Crippen LogP) is 1.42. The van der Waals surface area contributed by atoms with Gasteiger partial charge in [-0.1, -0.05) is 18.2 Å². The Hall–Kier alpha value is -2.02. The van der Waals surface area contributed by atoms with Gasteiger partial charge in [-0.2, -0.15) is 0 Å². The Balaban J connectivity index is 1.48. The number of piperidine rings is 1. The summed E-state index contributed by atoms with van der Waals surface area (Å²) in [7, 11) is 0. The van der Waals surface area contributed by atoms with Crippen LogP contribution in [0, 0.1) is 0 Å². The van der Waals surface area contributed by atoms with Crippen molar-refractivity contribution in [2.75, 3.05) is 18.8 Å². The van der Waals surface area contributed by atoms with Gasteiger partial charge < -0.3 is 15.5 Å². The molecule has 2 N–H and O–H groups in total. The maximum atomic E-state index is 12.7. The monoisotopic (exact) mass is 375 g/mol. The maximum Gasteiger partial charge on any atom is 0.251 e. The molecular formula is C19H25N3O3S. The van der Waals surface area contributed by atoms with Crippen molar-refractivity contribution in [3.05, 3.63) is 35.9 Å². The van der Waals surface area contributed by atoms with Crippen molar-refractivity contribution in [1.82, 2.24) is 15.5 Å². The van der Waals surface area contributed by atoms with Crippen LogP contribution in [-0.2, 0) is 9.59 Å².